The van der Waals surface area contributed by atoms with Crippen LogP contribution in [0, 0.1) is 0 Å². The van der Waals surface area contributed by atoms with E-state index in [1.807, 2.05) is 36.4 Å². The summed E-state index contributed by atoms with van der Waals surface area (Å²) in [6.45, 7) is 4.75. The number of ether oxygens (including phenoxy) is 1. The number of hydrogen-bond donors (Lipinski definition) is 2. The van der Waals surface area contributed by atoms with Gasteiger partial charge in [0.1, 0.15) is 5.75 Å². The van der Waals surface area contributed by atoms with E-state index in [2.05, 4.69) is 32.6 Å². The fourth-order valence-corrected chi connectivity index (χ4v) is 6.79. The molecular weight excluding hydrogens is 512 g/mol. The Balaban J connectivity index is 1.24. The molecule has 1 atom stereocenters. The summed E-state index contributed by atoms with van der Waals surface area (Å²) in [5.74, 6) is 0.751. The van der Waals surface area contributed by atoms with Crippen LogP contribution in [-0.2, 0) is 17.9 Å². The lowest BCUT2D eigenvalue weighted by molar-refractivity contribution is -0.122. The second-order valence-corrected chi connectivity index (χ2v) is 12.1. The monoisotopic (exact) mass is 560 g/mol. The SMILES string of the molecule is O=C1CN(Cc2ccccc2)Cc2ccc(C(=O)NCCC3CCCCN3C3CCCC3)cc2OCCCCCN1. The third-order valence-electron chi connectivity index (χ3n) is 8.97. The molecule has 2 aromatic carbocycles. The van der Waals surface area contributed by atoms with Gasteiger partial charge < -0.3 is 15.4 Å². The van der Waals surface area contributed by atoms with Gasteiger partial charge in [0, 0.05) is 49.4 Å². The van der Waals surface area contributed by atoms with E-state index in [0.29, 0.717) is 50.9 Å². The van der Waals surface area contributed by atoms with Gasteiger partial charge in [-0.15, -0.1) is 0 Å². The summed E-state index contributed by atoms with van der Waals surface area (Å²) in [4.78, 5) is 30.8. The molecule has 1 unspecified atom stereocenters. The van der Waals surface area contributed by atoms with Gasteiger partial charge >= 0.3 is 0 Å². The second-order valence-electron chi connectivity index (χ2n) is 12.1. The molecule has 7 nitrogen and oxygen atoms in total. The summed E-state index contributed by atoms with van der Waals surface area (Å²) in [6, 6.07) is 17.4. The molecule has 2 fully saturated rings. The highest BCUT2D eigenvalue weighted by molar-refractivity contribution is 5.94. The maximum atomic E-state index is 13.2. The molecule has 41 heavy (non-hydrogen) atoms. The number of likely N-dealkylation sites (tertiary alicyclic amines) is 1. The van der Waals surface area contributed by atoms with E-state index >= 15 is 0 Å². The number of rotatable bonds is 7. The van der Waals surface area contributed by atoms with Crippen molar-refractivity contribution < 1.29 is 14.3 Å². The zero-order chi connectivity index (χ0) is 28.3. The maximum absolute atomic E-state index is 13.2. The number of fused-ring (bicyclic) bond motifs is 1. The molecule has 0 radical (unpaired) electrons. The van der Waals surface area contributed by atoms with E-state index in [4.69, 9.17) is 4.74 Å². The summed E-state index contributed by atoms with van der Waals surface area (Å²) >= 11 is 0. The molecule has 0 bridgehead atoms. The van der Waals surface area contributed by atoms with Crippen LogP contribution in [-0.4, -0.2) is 66.5 Å². The van der Waals surface area contributed by atoms with Crippen molar-refractivity contribution in [3.8, 4) is 5.75 Å². The molecule has 1 saturated carbocycles. The number of benzene rings is 2. The Morgan fingerprint density at radius 2 is 1.76 bits per heavy atom. The third-order valence-corrected chi connectivity index (χ3v) is 8.97. The van der Waals surface area contributed by atoms with Crippen molar-refractivity contribution >= 4 is 11.8 Å². The molecule has 222 valence electrons. The van der Waals surface area contributed by atoms with Gasteiger partial charge in [-0.25, -0.2) is 0 Å². The Morgan fingerprint density at radius 3 is 2.61 bits per heavy atom. The molecular formula is C34H48N4O3. The summed E-state index contributed by atoms with van der Waals surface area (Å²) in [5, 5.41) is 6.27. The van der Waals surface area contributed by atoms with Gasteiger partial charge in [0.2, 0.25) is 5.91 Å². The molecule has 2 aromatic rings. The maximum Gasteiger partial charge on any atom is 0.251 e. The molecule has 2 N–H and O–H groups in total. The van der Waals surface area contributed by atoms with E-state index in [1.165, 1.54) is 51.5 Å². The highest BCUT2D eigenvalue weighted by Crippen LogP contribution is 2.30. The van der Waals surface area contributed by atoms with E-state index in [1.54, 1.807) is 0 Å². The van der Waals surface area contributed by atoms with Crippen LogP contribution in [0.4, 0.5) is 0 Å². The van der Waals surface area contributed by atoms with Gasteiger partial charge in [0.25, 0.3) is 5.91 Å². The largest absolute Gasteiger partial charge is 0.493 e. The van der Waals surface area contributed by atoms with E-state index in [9.17, 15) is 9.59 Å². The Kier molecular flexibility index (Phi) is 11.1. The van der Waals surface area contributed by atoms with Crippen molar-refractivity contribution in [1.29, 1.82) is 0 Å². The highest BCUT2D eigenvalue weighted by atomic mass is 16.5. The van der Waals surface area contributed by atoms with Crippen LogP contribution in [0.25, 0.3) is 0 Å². The van der Waals surface area contributed by atoms with Crippen LogP contribution in [0.5, 0.6) is 5.75 Å². The normalized spacial score (nSPS) is 22.0. The minimum Gasteiger partial charge on any atom is -0.493 e. The molecule has 3 aliphatic rings. The summed E-state index contributed by atoms with van der Waals surface area (Å²) in [7, 11) is 0. The standard InChI is InChI=1S/C34H48N4O3/c39-33-26-37(24-27-11-3-1-4-12-27)25-29-17-16-28(23-32(29)41-22-10-2-8-19-35-33)34(40)36-20-18-31-15-7-9-21-38(31)30-13-5-6-14-30/h1,3-4,11-12,16-17,23,30-31H,2,5-10,13-15,18-22,24-26H2,(H,35,39)(H,36,40). The Labute approximate surface area is 246 Å². The lowest BCUT2D eigenvalue weighted by atomic mass is 9.96. The van der Waals surface area contributed by atoms with Gasteiger partial charge in [-0.1, -0.05) is 55.7 Å². The number of carbonyl (C=O) groups is 2. The fourth-order valence-electron chi connectivity index (χ4n) is 6.79. The summed E-state index contributed by atoms with van der Waals surface area (Å²) < 4.78 is 6.27. The zero-order valence-corrected chi connectivity index (χ0v) is 24.6. The average Bonchev–Trinajstić information content (AvgIpc) is 3.53. The van der Waals surface area contributed by atoms with Crippen molar-refractivity contribution in [2.75, 3.05) is 32.8 Å². The summed E-state index contributed by atoms with van der Waals surface area (Å²) in [5.41, 5.74) is 2.79. The molecule has 2 aliphatic heterocycles. The predicted octanol–water partition coefficient (Wildman–Crippen LogP) is 5.28. The van der Waals surface area contributed by atoms with Crippen LogP contribution < -0.4 is 15.4 Å². The number of nitrogens with one attached hydrogen (secondary N) is 2. The Morgan fingerprint density at radius 1 is 0.927 bits per heavy atom. The van der Waals surface area contributed by atoms with Crippen molar-refractivity contribution in [3.63, 3.8) is 0 Å². The smallest absolute Gasteiger partial charge is 0.251 e. The number of hydrogen-bond acceptors (Lipinski definition) is 5. The Bertz CT molecular complexity index is 1120. The third kappa shape index (κ3) is 8.79. The number of carbonyl (C=O) groups excluding carboxylic acids is 2. The number of amides is 2. The van der Waals surface area contributed by atoms with Crippen molar-refractivity contribution in [1.82, 2.24) is 20.4 Å². The molecule has 1 saturated heterocycles. The molecule has 2 heterocycles. The van der Waals surface area contributed by atoms with Crippen LogP contribution >= 0.6 is 0 Å². The fraction of sp³-hybridized carbons (Fsp3) is 0.588. The molecule has 2 amide bonds. The molecule has 1 aliphatic carbocycles. The topological polar surface area (TPSA) is 73.9 Å². The molecule has 0 aromatic heterocycles. The number of piperidine rings is 1. The van der Waals surface area contributed by atoms with Gasteiger partial charge in [-0.2, -0.15) is 0 Å². The van der Waals surface area contributed by atoms with Crippen LogP contribution in [0.2, 0.25) is 0 Å². The lowest BCUT2D eigenvalue weighted by Crippen LogP contribution is -2.46. The number of nitrogens with zero attached hydrogens (tertiary/aromatic N) is 2. The Hall–Kier alpha value is -2.90. The first-order chi connectivity index (χ1) is 20.2. The minimum absolute atomic E-state index is 0.0388. The van der Waals surface area contributed by atoms with E-state index in [0.717, 1.165) is 48.6 Å². The second kappa shape index (κ2) is 15.4. The highest BCUT2D eigenvalue weighted by Gasteiger charge is 2.30. The minimum atomic E-state index is -0.0388. The van der Waals surface area contributed by atoms with E-state index < -0.39 is 0 Å². The van der Waals surface area contributed by atoms with Crippen molar-refractivity contribution in [3.05, 3.63) is 65.2 Å². The zero-order valence-electron chi connectivity index (χ0n) is 24.6. The predicted molar refractivity (Wildman–Crippen MR) is 163 cm³/mol. The van der Waals surface area contributed by atoms with Gasteiger partial charge in [-0.3, -0.25) is 19.4 Å². The first-order valence-corrected chi connectivity index (χ1v) is 16.0. The molecule has 7 heteroatoms. The van der Waals surface area contributed by atoms with Gasteiger partial charge in [0.05, 0.1) is 13.2 Å². The quantitative estimate of drug-likeness (QED) is 0.482. The average molecular weight is 561 g/mol. The van der Waals surface area contributed by atoms with Crippen LogP contribution in [0.1, 0.15) is 92.1 Å². The van der Waals surface area contributed by atoms with Crippen molar-refractivity contribution in [2.45, 2.75) is 95.8 Å². The summed E-state index contributed by atoms with van der Waals surface area (Å²) in [6.07, 6.45) is 13.1. The van der Waals surface area contributed by atoms with E-state index in [-0.39, 0.29) is 11.8 Å². The first kappa shape index (κ1) is 29.6. The lowest BCUT2D eigenvalue weighted by Gasteiger charge is -2.40. The molecule has 5 rings (SSSR count). The first-order valence-electron chi connectivity index (χ1n) is 16.0. The molecule has 0 spiro atoms. The van der Waals surface area contributed by atoms with Gasteiger partial charge in [0.15, 0.2) is 0 Å². The van der Waals surface area contributed by atoms with Gasteiger partial charge in [-0.05, 0) is 75.6 Å². The van der Waals surface area contributed by atoms with Crippen LogP contribution in [0.3, 0.4) is 0 Å². The van der Waals surface area contributed by atoms with Crippen LogP contribution in [0.15, 0.2) is 48.5 Å². The van der Waals surface area contributed by atoms with Crippen molar-refractivity contribution in [2.24, 2.45) is 0 Å².